The highest BCUT2D eigenvalue weighted by Gasteiger charge is 2.09. The summed E-state index contributed by atoms with van der Waals surface area (Å²) < 4.78 is 6.36. The summed E-state index contributed by atoms with van der Waals surface area (Å²) in [5.74, 6) is 1.11. The molecule has 7 heteroatoms. The molecule has 0 saturated carbocycles. The number of hydrogen-bond acceptors (Lipinski definition) is 6. The molecule has 1 atom stereocenters. The molecular formula is C12H13ClN2O2S2. The second kappa shape index (κ2) is 7.09. The van der Waals surface area contributed by atoms with Crippen molar-refractivity contribution in [2.45, 2.75) is 17.4 Å². The summed E-state index contributed by atoms with van der Waals surface area (Å²) in [6.07, 6.45) is -0.578. The van der Waals surface area contributed by atoms with E-state index in [0.29, 0.717) is 16.5 Å². The van der Waals surface area contributed by atoms with Crippen molar-refractivity contribution < 1.29 is 9.84 Å². The molecule has 0 bridgehead atoms. The number of aliphatic hydroxyl groups is 1. The van der Waals surface area contributed by atoms with Crippen molar-refractivity contribution in [1.82, 2.24) is 10.2 Å². The molecule has 0 aliphatic carbocycles. The Kier molecular flexibility index (Phi) is 5.45. The van der Waals surface area contributed by atoms with E-state index < -0.39 is 6.10 Å². The standard InChI is InChI=1S/C12H13ClN2O2S2/c1-8-2-3-10(13)11(4-8)17-5-9(16)6-18-12-15-14-7-19-12/h2-4,7,9,16H,5-6H2,1H3/t9-/m1/s1. The predicted molar refractivity (Wildman–Crippen MR) is 78.3 cm³/mol. The minimum atomic E-state index is -0.578. The van der Waals surface area contributed by atoms with E-state index in [0.717, 1.165) is 9.90 Å². The largest absolute Gasteiger partial charge is 0.489 e. The Bertz CT molecular complexity index is 522. The van der Waals surface area contributed by atoms with Gasteiger partial charge in [-0.3, -0.25) is 0 Å². The Hall–Kier alpha value is -0.820. The Morgan fingerprint density at radius 2 is 2.37 bits per heavy atom. The molecule has 0 amide bonds. The summed E-state index contributed by atoms with van der Waals surface area (Å²) in [4.78, 5) is 0. The van der Waals surface area contributed by atoms with Gasteiger partial charge in [-0.15, -0.1) is 10.2 Å². The van der Waals surface area contributed by atoms with E-state index in [1.165, 1.54) is 23.1 Å². The number of hydrogen-bond donors (Lipinski definition) is 1. The van der Waals surface area contributed by atoms with Gasteiger partial charge >= 0.3 is 0 Å². The minimum absolute atomic E-state index is 0.203. The lowest BCUT2D eigenvalue weighted by molar-refractivity contribution is 0.126. The molecule has 1 heterocycles. The van der Waals surface area contributed by atoms with Gasteiger partial charge in [-0.05, 0) is 24.6 Å². The number of nitrogens with zero attached hydrogens (tertiary/aromatic N) is 2. The molecule has 0 saturated heterocycles. The molecule has 4 nitrogen and oxygen atoms in total. The van der Waals surface area contributed by atoms with Crippen LogP contribution in [-0.4, -0.2) is 33.8 Å². The SMILES string of the molecule is Cc1ccc(Cl)c(OC[C@@H](O)CSc2nncs2)c1. The molecule has 102 valence electrons. The fourth-order valence-corrected chi connectivity index (χ4v) is 2.94. The zero-order chi connectivity index (χ0) is 13.7. The minimum Gasteiger partial charge on any atom is -0.489 e. The van der Waals surface area contributed by atoms with Crippen LogP contribution in [0, 0.1) is 6.92 Å². The summed E-state index contributed by atoms with van der Waals surface area (Å²) in [7, 11) is 0. The molecular weight excluding hydrogens is 304 g/mol. The average molecular weight is 317 g/mol. The van der Waals surface area contributed by atoms with Gasteiger partial charge < -0.3 is 9.84 Å². The molecule has 0 unspecified atom stereocenters. The molecule has 0 aliphatic rings. The first kappa shape index (κ1) is 14.6. The molecule has 0 fully saturated rings. The number of aryl methyl sites for hydroxylation is 1. The number of benzene rings is 1. The predicted octanol–water partition coefficient (Wildman–Crippen LogP) is 3.03. The van der Waals surface area contributed by atoms with Gasteiger partial charge in [-0.1, -0.05) is 40.8 Å². The van der Waals surface area contributed by atoms with Gasteiger partial charge in [0.25, 0.3) is 0 Å². The van der Waals surface area contributed by atoms with Crippen molar-refractivity contribution in [3.05, 3.63) is 34.3 Å². The first-order valence-corrected chi connectivity index (χ1v) is 7.85. The number of aliphatic hydroxyl groups excluding tert-OH is 1. The molecule has 0 aliphatic heterocycles. The fourth-order valence-electron chi connectivity index (χ4n) is 1.35. The van der Waals surface area contributed by atoms with E-state index in [2.05, 4.69) is 10.2 Å². The highest BCUT2D eigenvalue weighted by molar-refractivity contribution is 8.01. The van der Waals surface area contributed by atoms with Crippen molar-refractivity contribution in [2.24, 2.45) is 0 Å². The molecule has 1 aromatic carbocycles. The van der Waals surface area contributed by atoms with Crippen LogP contribution in [-0.2, 0) is 0 Å². The number of rotatable bonds is 6. The zero-order valence-corrected chi connectivity index (χ0v) is 12.6. The number of halogens is 1. The Morgan fingerprint density at radius 1 is 1.53 bits per heavy atom. The highest BCUT2D eigenvalue weighted by atomic mass is 35.5. The summed E-state index contributed by atoms with van der Waals surface area (Å²) in [6, 6.07) is 5.55. The van der Waals surface area contributed by atoms with Crippen molar-refractivity contribution in [3.63, 3.8) is 0 Å². The Balaban J connectivity index is 1.79. The van der Waals surface area contributed by atoms with Gasteiger partial charge in [0.1, 0.15) is 17.9 Å². The van der Waals surface area contributed by atoms with Gasteiger partial charge in [0.05, 0.1) is 11.1 Å². The number of ether oxygens (including phenoxy) is 1. The molecule has 1 N–H and O–H groups in total. The lowest BCUT2D eigenvalue weighted by Crippen LogP contribution is -2.20. The van der Waals surface area contributed by atoms with Crippen molar-refractivity contribution >= 4 is 34.7 Å². The van der Waals surface area contributed by atoms with E-state index in [4.69, 9.17) is 16.3 Å². The van der Waals surface area contributed by atoms with E-state index in [1.54, 1.807) is 11.6 Å². The summed E-state index contributed by atoms with van der Waals surface area (Å²) in [6.45, 7) is 2.17. The van der Waals surface area contributed by atoms with Gasteiger partial charge in [0.2, 0.25) is 0 Å². The monoisotopic (exact) mass is 316 g/mol. The zero-order valence-electron chi connectivity index (χ0n) is 10.2. The third-order valence-corrected chi connectivity index (χ3v) is 4.57. The second-order valence-corrected chi connectivity index (χ2v) is 6.42. The maximum atomic E-state index is 9.84. The van der Waals surface area contributed by atoms with Crippen LogP contribution in [0.25, 0.3) is 0 Å². The number of aromatic nitrogens is 2. The Morgan fingerprint density at radius 3 is 3.11 bits per heavy atom. The van der Waals surface area contributed by atoms with Gasteiger partial charge in [-0.25, -0.2) is 0 Å². The van der Waals surface area contributed by atoms with E-state index in [1.807, 2.05) is 19.1 Å². The van der Waals surface area contributed by atoms with Gasteiger partial charge in [0, 0.05) is 5.75 Å². The quantitative estimate of drug-likeness (QED) is 0.830. The molecule has 2 rings (SSSR count). The van der Waals surface area contributed by atoms with Gasteiger partial charge in [-0.2, -0.15) is 0 Å². The molecule has 19 heavy (non-hydrogen) atoms. The van der Waals surface area contributed by atoms with E-state index in [-0.39, 0.29) is 6.61 Å². The van der Waals surface area contributed by atoms with Crippen molar-refractivity contribution in [3.8, 4) is 5.75 Å². The van der Waals surface area contributed by atoms with Crippen LogP contribution >= 0.6 is 34.7 Å². The highest BCUT2D eigenvalue weighted by Crippen LogP contribution is 2.26. The van der Waals surface area contributed by atoms with Crippen LogP contribution in [0.15, 0.2) is 28.0 Å². The maximum absolute atomic E-state index is 9.84. The maximum Gasteiger partial charge on any atom is 0.174 e. The third-order valence-electron chi connectivity index (χ3n) is 2.26. The molecule has 1 aromatic heterocycles. The van der Waals surface area contributed by atoms with Crippen LogP contribution in [0.3, 0.4) is 0 Å². The summed E-state index contributed by atoms with van der Waals surface area (Å²) >= 11 is 8.92. The molecule has 0 radical (unpaired) electrons. The van der Waals surface area contributed by atoms with E-state index >= 15 is 0 Å². The van der Waals surface area contributed by atoms with Crippen LogP contribution in [0.5, 0.6) is 5.75 Å². The number of thioether (sulfide) groups is 1. The van der Waals surface area contributed by atoms with Crippen LogP contribution in [0.1, 0.15) is 5.56 Å². The lowest BCUT2D eigenvalue weighted by atomic mass is 10.2. The van der Waals surface area contributed by atoms with Gasteiger partial charge in [0.15, 0.2) is 4.34 Å². The third kappa shape index (κ3) is 4.65. The van der Waals surface area contributed by atoms with Crippen molar-refractivity contribution in [2.75, 3.05) is 12.4 Å². The van der Waals surface area contributed by atoms with Crippen LogP contribution < -0.4 is 4.74 Å². The summed E-state index contributed by atoms with van der Waals surface area (Å²) in [5.41, 5.74) is 2.73. The van der Waals surface area contributed by atoms with Crippen LogP contribution in [0.4, 0.5) is 0 Å². The first-order valence-electron chi connectivity index (χ1n) is 5.61. The second-order valence-electron chi connectivity index (χ2n) is 3.91. The van der Waals surface area contributed by atoms with Crippen molar-refractivity contribution in [1.29, 1.82) is 0 Å². The molecule has 0 spiro atoms. The fraction of sp³-hybridized carbons (Fsp3) is 0.333. The van der Waals surface area contributed by atoms with Crippen LogP contribution in [0.2, 0.25) is 5.02 Å². The Labute approximate surface area is 124 Å². The van der Waals surface area contributed by atoms with E-state index in [9.17, 15) is 5.11 Å². The molecule has 2 aromatic rings. The lowest BCUT2D eigenvalue weighted by Gasteiger charge is -2.12. The average Bonchev–Trinajstić information content (AvgIpc) is 2.90. The first-order chi connectivity index (χ1) is 9.15. The topological polar surface area (TPSA) is 55.2 Å². The summed E-state index contributed by atoms with van der Waals surface area (Å²) in [5, 5.41) is 18.0. The normalized spacial score (nSPS) is 12.4. The smallest absolute Gasteiger partial charge is 0.174 e.